The van der Waals surface area contributed by atoms with Gasteiger partial charge in [0.15, 0.2) is 0 Å². The molecule has 0 fully saturated rings. The third kappa shape index (κ3) is 3.01. The molecule has 0 amide bonds. The molecule has 1 aliphatic heterocycles. The van der Waals surface area contributed by atoms with Gasteiger partial charge in [-0.05, 0) is 70.0 Å². The molecule has 3 heteroatoms. The summed E-state index contributed by atoms with van der Waals surface area (Å²) < 4.78 is 4.89. The maximum absolute atomic E-state index is 2.52. The van der Waals surface area contributed by atoms with Crippen LogP contribution in [-0.2, 0) is 0 Å². The fourth-order valence-corrected chi connectivity index (χ4v) is 10.5. The van der Waals surface area contributed by atoms with Crippen molar-refractivity contribution < 1.29 is 0 Å². The number of fused-ring (bicyclic) bond motifs is 9. The van der Waals surface area contributed by atoms with Gasteiger partial charge in [-0.2, -0.15) is 0 Å². The van der Waals surface area contributed by atoms with E-state index in [0.29, 0.717) is 0 Å². The molecule has 0 saturated carbocycles. The molecule has 0 atom stereocenters. The molecule has 1 aliphatic rings. The van der Waals surface area contributed by atoms with Crippen LogP contribution < -0.4 is 10.4 Å². The molecule has 9 rings (SSSR count). The first kappa shape index (κ1) is 22.9. The Morgan fingerprint density at radius 1 is 0.390 bits per heavy atom. The van der Waals surface area contributed by atoms with Crippen LogP contribution in [0, 0.1) is 0 Å². The van der Waals surface area contributed by atoms with Gasteiger partial charge in [-0.15, -0.1) is 0 Å². The largest absolute Gasteiger partial charge is 0.309 e. The van der Waals surface area contributed by atoms with Crippen molar-refractivity contribution in [1.29, 1.82) is 0 Å². The van der Waals surface area contributed by atoms with Crippen LogP contribution in [0.15, 0.2) is 133 Å². The first-order chi connectivity index (χ1) is 20.1. The van der Waals surface area contributed by atoms with Crippen LogP contribution >= 0.6 is 0 Å². The normalized spacial score (nSPS) is 13.8. The molecule has 0 radical (unpaired) electrons. The van der Waals surface area contributed by atoms with Crippen LogP contribution in [0.25, 0.3) is 66.1 Å². The minimum absolute atomic E-state index is 1.25. The van der Waals surface area contributed by atoms with Crippen LogP contribution in [-0.4, -0.2) is 17.2 Å². The van der Waals surface area contributed by atoms with Crippen molar-refractivity contribution in [3.05, 3.63) is 133 Å². The summed E-state index contributed by atoms with van der Waals surface area (Å²) >= 11 is 0. The lowest BCUT2D eigenvalue weighted by molar-refractivity contribution is 1.18. The molecule has 194 valence electrons. The fraction of sp³-hybridized carbons (Fsp3) is 0.0526. The van der Waals surface area contributed by atoms with Crippen molar-refractivity contribution in [3.8, 4) is 22.5 Å². The van der Waals surface area contributed by atoms with Crippen molar-refractivity contribution >= 4 is 62.1 Å². The lowest BCUT2D eigenvalue weighted by atomic mass is 10.0. The predicted molar refractivity (Wildman–Crippen MR) is 177 cm³/mol. The van der Waals surface area contributed by atoms with Crippen molar-refractivity contribution in [2.24, 2.45) is 0 Å². The van der Waals surface area contributed by atoms with E-state index in [9.17, 15) is 0 Å². The van der Waals surface area contributed by atoms with Crippen molar-refractivity contribution in [2.75, 3.05) is 0 Å². The van der Waals surface area contributed by atoms with Gasteiger partial charge >= 0.3 is 0 Å². The van der Waals surface area contributed by atoms with E-state index in [-0.39, 0.29) is 0 Å². The average molecular weight is 541 g/mol. The molecule has 2 aromatic heterocycles. The topological polar surface area (TPSA) is 9.86 Å². The monoisotopic (exact) mass is 540 g/mol. The zero-order valence-electron chi connectivity index (χ0n) is 23.1. The van der Waals surface area contributed by atoms with Gasteiger partial charge in [0.2, 0.25) is 0 Å². The number of para-hydroxylation sites is 4. The number of rotatable bonds is 2. The van der Waals surface area contributed by atoms with E-state index in [4.69, 9.17) is 0 Å². The predicted octanol–water partition coefficient (Wildman–Crippen LogP) is 8.68. The fourth-order valence-electron chi connectivity index (χ4n) is 7.39. The van der Waals surface area contributed by atoms with Gasteiger partial charge in [0.1, 0.15) is 8.07 Å². The van der Waals surface area contributed by atoms with Crippen molar-refractivity contribution in [2.45, 2.75) is 13.1 Å². The van der Waals surface area contributed by atoms with Gasteiger partial charge in [0.25, 0.3) is 0 Å². The summed E-state index contributed by atoms with van der Waals surface area (Å²) in [5.41, 5.74) is 10.3. The molecule has 41 heavy (non-hydrogen) atoms. The SMILES string of the molecule is C[Si]1(C)c2cc(-n3c4ccccc4c4ccccc43)ccc2-c2ccc(-n3c4ccccc4c4ccccc43)cc21. The number of hydrogen-bond donors (Lipinski definition) is 0. The molecule has 8 aromatic rings. The Labute approximate surface area is 239 Å². The van der Waals surface area contributed by atoms with Gasteiger partial charge in [-0.25, -0.2) is 0 Å². The second kappa shape index (κ2) is 8.09. The van der Waals surface area contributed by atoms with Crippen LogP contribution in [0.4, 0.5) is 0 Å². The van der Waals surface area contributed by atoms with Gasteiger partial charge in [-0.1, -0.05) is 98.0 Å². The molecule has 0 bridgehead atoms. The van der Waals surface area contributed by atoms with Crippen LogP contribution in [0.3, 0.4) is 0 Å². The molecular formula is C38H28N2Si. The number of nitrogens with zero attached hydrogens (tertiary/aromatic N) is 2. The highest BCUT2D eigenvalue weighted by molar-refractivity contribution is 7.03. The summed E-state index contributed by atoms with van der Waals surface area (Å²) in [6, 6.07) is 49.5. The van der Waals surface area contributed by atoms with E-state index in [1.165, 1.54) is 76.5 Å². The summed E-state index contributed by atoms with van der Waals surface area (Å²) in [5.74, 6) is 0. The maximum Gasteiger partial charge on any atom is 0.114 e. The zero-order chi connectivity index (χ0) is 27.3. The third-order valence-electron chi connectivity index (χ3n) is 9.32. The lowest BCUT2D eigenvalue weighted by Crippen LogP contribution is -2.49. The van der Waals surface area contributed by atoms with Gasteiger partial charge < -0.3 is 9.13 Å². The molecule has 3 heterocycles. The lowest BCUT2D eigenvalue weighted by Gasteiger charge is -2.21. The molecule has 0 aliphatic carbocycles. The maximum atomic E-state index is 2.52. The van der Waals surface area contributed by atoms with E-state index in [2.05, 4.69) is 156 Å². The standard InChI is InChI=1S/C38H28N2Si/c1-41(2)37-23-25(39-33-15-7-3-11-27(33)28-12-4-8-16-34(28)39)19-21-31(37)32-22-20-26(24-38(32)41)40-35-17-9-5-13-29(35)30-14-6-10-18-36(30)40/h3-24H,1-2H3. The third-order valence-corrected chi connectivity index (χ3v) is 12.8. The quantitative estimate of drug-likeness (QED) is 0.194. The summed E-state index contributed by atoms with van der Waals surface area (Å²) in [4.78, 5) is 0. The minimum atomic E-state index is -1.97. The average Bonchev–Trinajstić information content (AvgIpc) is 3.61. The van der Waals surface area contributed by atoms with Crippen LogP contribution in [0.5, 0.6) is 0 Å². The Balaban J connectivity index is 1.24. The Kier molecular flexibility index (Phi) is 4.52. The highest BCUT2D eigenvalue weighted by Gasteiger charge is 2.38. The molecule has 0 N–H and O–H groups in total. The summed E-state index contributed by atoms with van der Waals surface area (Å²) in [6.07, 6.45) is 0. The first-order valence-corrected chi connectivity index (χ1v) is 17.4. The molecule has 6 aromatic carbocycles. The number of benzene rings is 6. The van der Waals surface area contributed by atoms with Crippen LogP contribution in [0.2, 0.25) is 13.1 Å². The highest BCUT2D eigenvalue weighted by atomic mass is 28.3. The second-order valence-corrected chi connectivity index (χ2v) is 16.2. The molecular weight excluding hydrogens is 513 g/mol. The second-order valence-electron chi connectivity index (χ2n) is 11.8. The van der Waals surface area contributed by atoms with E-state index >= 15 is 0 Å². The van der Waals surface area contributed by atoms with Crippen molar-refractivity contribution in [3.63, 3.8) is 0 Å². The molecule has 0 spiro atoms. The summed E-state index contributed by atoms with van der Waals surface area (Å²) in [7, 11) is -1.97. The zero-order valence-corrected chi connectivity index (χ0v) is 24.1. The van der Waals surface area contributed by atoms with Gasteiger partial charge in [-0.3, -0.25) is 0 Å². The van der Waals surface area contributed by atoms with E-state index in [1.54, 1.807) is 0 Å². The molecule has 0 unspecified atom stereocenters. The van der Waals surface area contributed by atoms with E-state index < -0.39 is 8.07 Å². The summed E-state index contributed by atoms with van der Waals surface area (Å²) in [5, 5.41) is 8.26. The summed E-state index contributed by atoms with van der Waals surface area (Å²) in [6.45, 7) is 5.03. The Hall–Kier alpha value is -4.86. The Bertz CT molecular complexity index is 2080. The van der Waals surface area contributed by atoms with Crippen molar-refractivity contribution in [1.82, 2.24) is 9.13 Å². The van der Waals surface area contributed by atoms with Crippen LogP contribution in [0.1, 0.15) is 0 Å². The number of aromatic nitrogens is 2. The van der Waals surface area contributed by atoms with E-state index in [1.807, 2.05) is 0 Å². The smallest absolute Gasteiger partial charge is 0.114 e. The first-order valence-electron chi connectivity index (χ1n) is 14.4. The van der Waals surface area contributed by atoms with Gasteiger partial charge in [0, 0.05) is 32.9 Å². The minimum Gasteiger partial charge on any atom is -0.309 e. The molecule has 0 saturated heterocycles. The van der Waals surface area contributed by atoms with E-state index in [0.717, 1.165) is 0 Å². The molecule has 2 nitrogen and oxygen atoms in total. The van der Waals surface area contributed by atoms with Gasteiger partial charge in [0.05, 0.1) is 22.1 Å². The highest BCUT2D eigenvalue weighted by Crippen LogP contribution is 2.36. The Morgan fingerprint density at radius 2 is 0.707 bits per heavy atom. The number of hydrogen-bond acceptors (Lipinski definition) is 0. The Morgan fingerprint density at radius 3 is 1.05 bits per heavy atom.